The molecule has 1 aromatic carbocycles. The van der Waals surface area contributed by atoms with Gasteiger partial charge in [0.25, 0.3) is 0 Å². The van der Waals surface area contributed by atoms with Gasteiger partial charge in [0.15, 0.2) is 0 Å². The lowest BCUT2D eigenvalue weighted by Crippen LogP contribution is -2.30. The van der Waals surface area contributed by atoms with Crippen LogP contribution in [0.4, 0.5) is 4.39 Å². The third-order valence-electron chi connectivity index (χ3n) is 2.97. The van der Waals surface area contributed by atoms with Crippen LogP contribution in [0, 0.1) is 5.82 Å². The van der Waals surface area contributed by atoms with Crippen molar-refractivity contribution in [1.29, 1.82) is 0 Å². The van der Waals surface area contributed by atoms with Gasteiger partial charge in [0.1, 0.15) is 5.82 Å². The van der Waals surface area contributed by atoms with Crippen molar-refractivity contribution >= 4 is 11.6 Å². The minimum Gasteiger partial charge on any atom is -0.309 e. The Hall–Kier alpha value is -0.640. The fraction of sp³-hybridized carbons (Fsp3) is 0.500. The predicted octanol–water partition coefficient (Wildman–Crippen LogP) is 2.27. The number of nitrogens with zero attached hydrogens (tertiary/aromatic N) is 1. The Bertz CT molecular complexity index is 370. The lowest BCUT2D eigenvalue weighted by molar-refractivity contribution is 0.397. The first kappa shape index (κ1) is 11.8. The molecule has 1 saturated heterocycles. The lowest BCUT2D eigenvalue weighted by atomic mass is 10.2. The van der Waals surface area contributed by atoms with Gasteiger partial charge in [-0.3, -0.25) is 0 Å². The van der Waals surface area contributed by atoms with E-state index in [9.17, 15) is 4.39 Å². The summed E-state index contributed by atoms with van der Waals surface area (Å²) in [7, 11) is 2.11. The second-order valence-corrected chi connectivity index (χ2v) is 4.78. The number of nitrogens with one attached hydrogen (secondary N) is 1. The van der Waals surface area contributed by atoms with E-state index in [2.05, 4.69) is 17.3 Å². The Balaban J connectivity index is 1.87. The maximum atomic E-state index is 13.2. The van der Waals surface area contributed by atoms with Crippen molar-refractivity contribution in [3.8, 4) is 0 Å². The molecule has 0 saturated carbocycles. The van der Waals surface area contributed by atoms with Gasteiger partial charge in [0, 0.05) is 19.1 Å². The molecule has 88 valence electrons. The molecule has 0 radical (unpaired) electrons. The largest absolute Gasteiger partial charge is 0.309 e. The molecule has 1 N–H and O–H groups in total. The molecule has 1 fully saturated rings. The van der Waals surface area contributed by atoms with Crippen LogP contribution in [0.1, 0.15) is 12.0 Å². The number of likely N-dealkylation sites (tertiary alicyclic amines) is 1. The number of hydrogen-bond acceptors (Lipinski definition) is 2. The van der Waals surface area contributed by atoms with Crippen LogP contribution in [0.25, 0.3) is 0 Å². The number of hydrogen-bond donors (Lipinski definition) is 1. The van der Waals surface area contributed by atoms with Gasteiger partial charge >= 0.3 is 0 Å². The smallest absolute Gasteiger partial charge is 0.142 e. The molecule has 1 heterocycles. The van der Waals surface area contributed by atoms with Crippen molar-refractivity contribution < 1.29 is 4.39 Å². The summed E-state index contributed by atoms with van der Waals surface area (Å²) >= 11 is 5.62. The summed E-state index contributed by atoms with van der Waals surface area (Å²) in [5.74, 6) is -0.343. The molecule has 4 heteroatoms. The van der Waals surface area contributed by atoms with Crippen LogP contribution in [0.2, 0.25) is 5.02 Å². The highest BCUT2D eigenvalue weighted by Crippen LogP contribution is 2.16. The number of rotatable bonds is 3. The first-order valence-electron chi connectivity index (χ1n) is 5.51. The normalized spacial score (nSPS) is 21.6. The van der Waals surface area contributed by atoms with Crippen molar-refractivity contribution in [2.24, 2.45) is 0 Å². The second kappa shape index (κ2) is 5.13. The zero-order valence-corrected chi connectivity index (χ0v) is 10.1. The highest BCUT2D eigenvalue weighted by atomic mass is 35.5. The van der Waals surface area contributed by atoms with E-state index < -0.39 is 0 Å². The summed E-state index contributed by atoms with van der Waals surface area (Å²) in [5, 5.41) is 3.61. The zero-order chi connectivity index (χ0) is 11.5. The topological polar surface area (TPSA) is 15.3 Å². The van der Waals surface area contributed by atoms with Crippen LogP contribution in [-0.4, -0.2) is 31.1 Å². The third kappa shape index (κ3) is 2.94. The van der Waals surface area contributed by atoms with Gasteiger partial charge in [0.2, 0.25) is 0 Å². The van der Waals surface area contributed by atoms with Crippen molar-refractivity contribution in [2.75, 3.05) is 20.1 Å². The fourth-order valence-corrected chi connectivity index (χ4v) is 2.13. The molecule has 2 rings (SSSR count). The van der Waals surface area contributed by atoms with Gasteiger partial charge in [-0.2, -0.15) is 0 Å². The van der Waals surface area contributed by atoms with Crippen LogP contribution < -0.4 is 5.32 Å². The minimum absolute atomic E-state index is 0.185. The van der Waals surface area contributed by atoms with E-state index in [0.717, 1.165) is 25.1 Å². The van der Waals surface area contributed by atoms with E-state index in [-0.39, 0.29) is 10.8 Å². The van der Waals surface area contributed by atoms with E-state index >= 15 is 0 Å². The summed E-state index contributed by atoms with van der Waals surface area (Å²) < 4.78 is 13.2. The molecular weight excluding hydrogens is 227 g/mol. The Kier molecular flexibility index (Phi) is 3.79. The predicted molar refractivity (Wildman–Crippen MR) is 64.2 cm³/mol. The Morgan fingerprint density at radius 3 is 3.00 bits per heavy atom. The SMILES string of the molecule is CN1CCC(NCc2ccc(Cl)c(F)c2)C1. The van der Waals surface area contributed by atoms with Crippen molar-refractivity contribution in [3.63, 3.8) is 0 Å². The van der Waals surface area contributed by atoms with Crippen LogP contribution in [0.3, 0.4) is 0 Å². The molecule has 0 spiro atoms. The molecule has 1 unspecified atom stereocenters. The molecule has 0 bridgehead atoms. The zero-order valence-electron chi connectivity index (χ0n) is 9.34. The summed E-state index contributed by atoms with van der Waals surface area (Å²) in [4.78, 5) is 2.29. The van der Waals surface area contributed by atoms with Crippen molar-refractivity contribution in [3.05, 3.63) is 34.6 Å². The van der Waals surface area contributed by atoms with Crippen LogP contribution in [0.15, 0.2) is 18.2 Å². The number of benzene rings is 1. The molecule has 0 aliphatic carbocycles. The van der Waals surface area contributed by atoms with Crippen LogP contribution >= 0.6 is 11.6 Å². The average Bonchev–Trinajstić information content (AvgIpc) is 2.66. The molecule has 1 aliphatic rings. The van der Waals surface area contributed by atoms with Gasteiger partial charge in [-0.05, 0) is 37.7 Å². The van der Waals surface area contributed by atoms with E-state index in [1.54, 1.807) is 6.07 Å². The molecule has 0 amide bonds. The Morgan fingerprint density at radius 2 is 2.38 bits per heavy atom. The molecule has 0 aromatic heterocycles. The van der Waals surface area contributed by atoms with Gasteiger partial charge in [0.05, 0.1) is 5.02 Å². The van der Waals surface area contributed by atoms with Crippen molar-refractivity contribution in [1.82, 2.24) is 10.2 Å². The van der Waals surface area contributed by atoms with E-state index in [0.29, 0.717) is 12.6 Å². The molecule has 1 atom stereocenters. The average molecular weight is 243 g/mol. The van der Waals surface area contributed by atoms with Gasteiger partial charge < -0.3 is 10.2 Å². The quantitative estimate of drug-likeness (QED) is 0.875. The maximum Gasteiger partial charge on any atom is 0.142 e. The minimum atomic E-state index is -0.343. The van der Waals surface area contributed by atoms with Gasteiger partial charge in [-0.25, -0.2) is 4.39 Å². The first-order valence-corrected chi connectivity index (χ1v) is 5.89. The fourth-order valence-electron chi connectivity index (χ4n) is 2.01. The van der Waals surface area contributed by atoms with Crippen molar-refractivity contribution in [2.45, 2.75) is 19.0 Å². The standard InChI is InChI=1S/C12H16ClFN2/c1-16-5-4-10(8-16)15-7-9-2-3-11(13)12(14)6-9/h2-3,6,10,15H,4-5,7-8H2,1H3. The van der Waals surface area contributed by atoms with E-state index in [1.165, 1.54) is 6.07 Å². The Labute approximate surface area is 100 Å². The third-order valence-corrected chi connectivity index (χ3v) is 3.28. The number of likely N-dealkylation sites (N-methyl/N-ethyl adjacent to an activating group) is 1. The molecule has 1 aliphatic heterocycles. The maximum absolute atomic E-state index is 13.2. The second-order valence-electron chi connectivity index (χ2n) is 4.38. The molecule has 1 aromatic rings. The first-order chi connectivity index (χ1) is 7.65. The van der Waals surface area contributed by atoms with Gasteiger partial charge in [-0.1, -0.05) is 17.7 Å². The van der Waals surface area contributed by atoms with E-state index in [1.807, 2.05) is 6.07 Å². The lowest BCUT2D eigenvalue weighted by Gasteiger charge is -2.12. The monoisotopic (exact) mass is 242 g/mol. The Morgan fingerprint density at radius 1 is 1.56 bits per heavy atom. The summed E-state index contributed by atoms with van der Waals surface area (Å²) in [5.41, 5.74) is 0.941. The summed E-state index contributed by atoms with van der Waals surface area (Å²) in [6.07, 6.45) is 1.16. The summed E-state index contributed by atoms with van der Waals surface area (Å²) in [6, 6.07) is 5.48. The molecule has 2 nitrogen and oxygen atoms in total. The molecular formula is C12H16ClFN2. The number of halogens is 2. The van der Waals surface area contributed by atoms with Crippen LogP contribution in [0.5, 0.6) is 0 Å². The molecule has 16 heavy (non-hydrogen) atoms. The van der Waals surface area contributed by atoms with E-state index in [4.69, 9.17) is 11.6 Å². The van der Waals surface area contributed by atoms with Gasteiger partial charge in [-0.15, -0.1) is 0 Å². The highest BCUT2D eigenvalue weighted by Gasteiger charge is 2.18. The van der Waals surface area contributed by atoms with Crippen LogP contribution in [-0.2, 0) is 6.54 Å². The summed E-state index contributed by atoms with van der Waals surface area (Å²) in [6.45, 7) is 2.90. The highest BCUT2D eigenvalue weighted by molar-refractivity contribution is 6.30.